The molecule has 0 radical (unpaired) electrons. The van der Waals surface area contributed by atoms with Gasteiger partial charge in [-0.2, -0.15) is 0 Å². The van der Waals surface area contributed by atoms with Crippen LogP contribution in [-0.2, 0) is 15.6 Å². The zero-order chi connectivity index (χ0) is 19.7. The van der Waals surface area contributed by atoms with Gasteiger partial charge in [-0.3, -0.25) is 4.99 Å². The second-order valence-corrected chi connectivity index (χ2v) is 9.90. The third-order valence-electron chi connectivity index (χ3n) is 4.96. The van der Waals surface area contributed by atoms with E-state index in [1.54, 1.807) is 26.0 Å². The van der Waals surface area contributed by atoms with Crippen molar-refractivity contribution in [2.45, 2.75) is 17.8 Å². The summed E-state index contributed by atoms with van der Waals surface area (Å²) in [7, 11) is 0.116. The number of anilines is 1. The average Bonchev–Trinajstić information content (AvgIpc) is 3.17. The van der Waals surface area contributed by atoms with Gasteiger partial charge >= 0.3 is 0 Å². The first kappa shape index (κ1) is 19.1. The number of hydrogen-bond donors (Lipinski definition) is 0. The lowest BCUT2D eigenvalue weighted by atomic mass is 10.1. The Kier molecular flexibility index (Phi) is 5.25. The van der Waals surface area contributed by atoms with Crippen molar-refractivity contribution in [3.8, 4) is 11.5 Å². The van der Waals surface area contributed by atoms with Crippen molar-refractivity contribution in [1.29, 1.82) is 0 Å². The van der Waals surface area contributed by atoms with Crippen molar-refractivity contribution < 1.29 is 17.9 Å². The largest absolute Gasteiger partial charge is 0.497 e. The number of fused-ring (bicyclic) bond motifs is 1. The maximum absolute atomic E-state index is 12.2. The number of ether oxygens (including phenoxy) is 2. The first-order valence-corrected chi connectivity index (χ1v) is 11.8. The van der Waals surface area contributed by atoms with Crippen molar-refractivity contribution in [1.82, 2.24) is 0 Å². The SMILES string of the molecule is COc1ccc(OC)c(N2C(SCc3ccccc3)=NC3CS(=O)(=O)CC32)c1. The fourth-order valence-electron chi connectivity index (χ4n) is 3.62. The van der Waals surface area contributed by atoms with Gasteiger partial charge in [0.05, 0.1) is 43.5 Å². The molecule has 6 nitrogen and oxygen atoms in total. The highest BCUT2D eigenvalue weighted by molar-refractivity contribution is 8.13. The summed E-state index contributed by atoms with van der Waals surface area (Å²) in [6, 6.07) is 15.2. The Morgan fingerprint density at radius 2 is 1.89 bits per heavy atom. The Bertz CT molecular complexity index is 993. The Morgan fingerprint density at radius 3 is 2.61 bits per heavy atom. The normalized spacial score (nSPS) is 22.6. The summed E-state index contributed by atoms with van der Waals surface area (Å²) in [5.74, 6) is 2.30. The van der Waals surface area contributed by atoms with Crippen LogP contribution in [0.15, 0.2) is 53.5 Å². The summed E-state index contributed by atoms with van der Waals surface area (Å²) >= 11 is 1.61. The first-order chi connectivity index (χ1) is 13.5. The van der Waals surface area contributed by atoms with Crippen LogP contribution in [0.3, 0.4) is 0 Å². The number of rotatable bonds is 5. The predicted molar refractivity (Wildman–Crippen MR) is 113 cm³/mol. The van der Waals surface area contributed by atoms with E-state index in [1.807, 2.05) is 41.3 Å². The van der Waals surface area contributed by atoms with Gasteiger partial charge in [0.15, 0.2) is 15.0 Å². The minimum absolute atomic E-state index is 0.0931. The average molecular weight is 419 g/mol. The number of sulfone groups is 1. The number of methoxy groups -OCH3 is 2. The molecule has 0 N–H and O–H groups in total. The molecule has 1 fully saturated rings. The summed E-state index contributed by atoms with van der Waals surface area (Å²) < 4.78 is 35.4. The van der Waals surface area contributed by atoms with Crippen LogP contribution in [-0.4, -0.2) is 51.4 Å². The molecule has 2 atom stereocenters. The number of thioether (sulfide) groups is 1. The molecule has 0 bridgehead atoms. The summed E-state index contributed by atoms with van der Waals surface area (Å²) in [5.41, 5.74) is 1.98. The molecule has 148 valence electrons. The molecule has 4 rings (SSSR count). The van der Waals surface area contributed by atoms with E-state index >= 15 is 0 Å². The molecule has 0 amide bonds. The highest BCUT2D eigenvalue weighted by Gasteiger charge is 2.47. The maximum Gasteiger partial charge on any atom is 0.164 e. The number of benzene rings is 2. The van der Waals surface area contributed by atoms with Crippen LogP contribution < -0.4 is 14.4 Å². The van der Waals surface area contributed by atoms with Gasteiger partial charge in [0.25, 0.3) is 0 Å². The van der Waals surface area contributed by atoms with Gasteiger partial charge in [-0.1, -0.05) is 42.1 Å². The molecule has 8 heteroatoms. The molecule has 0 saturated carbocycles. The number of nitrogens with zero attached hydrogens (tertiary/aromatic N) is 2. The van der Waals surface area contributed by atoms with Crippen LogP contribution >= 0.6 is 11.8 Å². The molecule has 2 aromatic rings. The topological polar surface area (TPSA) is 68.2 Å². The highest BCUT2D eigenvalue weighted by Crippen LogP contribution is 2.41. The monoisotopic (exact) mass is 418 g/mol. The second kappa shape index (κ2) is 7.67. The van der Waals surface area contributed by atoms with Crippen LogP contribution in [0, 0.1) is 0 Å². The van der Waals surface area contributed by atoms with Gasteiger partial charge in [0.1, 0.15) is 11.5 Å². The molecule has 2 aliphatic heterocycles. The van der Waals surface area contributed by atoms with E-state index < -0.39 is 9.84 Å². The third kappa shape index (κ3) is 3.71. The second-order valence-electron chi connectivity index (χ2n) is 6.81. The van der Waals surface area contributed by atoms with Gasteiger partial charge in [0.2, 0.25) is 0 Å². The van der Waals surface area contributed by atoms with E-state index in [2.05, 4.69) is 12.1 Å². The zero-order valence-electron chi connectivity index (χ0n) is 15.7. The molecule has 2 aromatic carbocycles. The predicted octanol–water partition coefficient (Wildman–Crippen LogP) is 2.98. The molecule has 2 heterocycles. The number of amidine groups is 1. The van der Waals surface area contributed by atoms with Crippen LogP contribution in [0.1, 0.15) is 5.56 Å². The molecule has 1 saturated heterocycles. The van der Waals surface area contributed by atoms with Gasteiger partial charge < -0.3 is 14.4 Å². The summed E-state index contributed by atoms with van der Waals surface area (Å²) in [4.78, 5) is 6.80. The Morgan fingerprint density at radius 1 is 1.11 bits per heavy atom. The van der Waals surface area contributed by atoms with E-state index in [0.29, 0.717) is 11.5 Å². The molecule has 2 aliphatic rings. The Labute approximate surface area is 169 Å². The zero-order valence-corrected chi connectivity index (χ0v) is 17.4. The van der Waals surface area contributed by atoms with Gasteiger partial charge in [-0.05, 0) is 17.7 Å². The lowest BCUT2D eigenvalue weighted by Crippen LogP contribution is -2.39. The minimum Gasteiger partial charge on any atom is -0.497 e. The first-order valence-electron chi connectivity index (χ1n) is 8.97. The molecule has 0 aromatic heterocycles. The molecule has 0 spiro atoms. The van der Waals surface area contributed by atoms with Crippen LogP contribution in [0.2, 0.25) is 0 Å². The Balaban J connectivity index is 1.70. The van der Waals surface area contributed by atoms with E-state index in [-0.39, 0.29) is 23.6 Å². The molecular formula is C20H22N2O4S2. The maximum atomic E-state index is 12.2. The Hall–Kier alpha value is -2.19. The molecule has 2 unspecified atom stereocenters. The number of aliphatic imine (C=N–C) groups is 1. The van der Waals surface area contributed by atoms with E-state index in [1.165, 1.54) is 5.56 Å². The lowest BCUT2D eigenvalue weighted by Gasteiger charge is -2.28. The van der Waals surface area contributed by atoms with E-state index in [9.17, 15) is 8.42 Å². The molecule has 0 aliphatic carbocycles. The molecule has 28 heavy (non-hydrogen) atoms. The van der Waals surface area contributed by atoms with Crippen molar-refractivity contribution in [3.63, 3.8) is 0 Å². The summed E-state index contributed by atoms with van der Waals surface area (Å²) in [6.45, 7) is 0. The van der Waals surface area contributed by atoms with E-state index in [0.717, 1.165) is 16.6 Å². The highest BCUT2D eigenvalue weighted by atomic mass is 32.2. The van der Waals surface area contributed by atoms with Crippen molar-refractivity contribution in [2.75, 3.05) is 30.6 Å². The van der Waals surface area contributed by atoms with Crippen LogP contribution in [0.5, 0.6) is 11.5 Å². The lowest BCUT2D eigenvalue weighted by molar-refractivity contribution is 0.403. The summed E-state index contributed by atoms with van der Waals surface area (Å²) in [5, 5.41) is 0.820. The van der Waals surface area contributed by atoms with E-state index in [4.69, 9.17) is 14.5 Å². The third-order valence-corrected chi connectivity index (χ3v) is 7.70. The van der Waals surface area contributed by atoms with Crippen molar-refractivity contribution >= 4 is 32.5 Å². The quantitative estimate of drug-likeness (QED) is 0.744. The van der Waals surface area contributed by atoms with Gasteiger partial charge in [-0.15, -0.1) is 0 Å². The van der Waals surface area contributed by atoms with Gasteiger partial charge in [-0.25, -0.2) is 8.42 Å². The smallest absolute Gasteiger partial charge is 0.164 e. The number of hydrogen-bond acceptors (Lipinski definition) is 7. The van der Waals surface area contributed by atoms with Crippen molar-refractivity contribution in [3.05, 3.63) is 54.1 Å². The fraction of sp³-hybridized carbons (Fsp3) is 0.350. The fourth-order valence-corrected chi connectivity index (χ4v) is 6.54. The standard InChI is InChI=1S/C20H22N2O4S2/c1-25-15-8-9-19(26-2)17(10-15)22-18-13-28(23,24)12-16(18)21-20(22)27-11-14-6-4-3-5-7-14/h3-10,16,18H,11-13H2,1-2H3. The summed E-state index contributed by atoms with van der Waals surface area (Å²) in [6.07, 6.45) is 0. The van der Waals surface area contributed by atoms with Crippen LogP contribution in [0.4, 0.5) is 5.69 Å². The minimum atomic E-state index is -3.10. The van der Waals surface area contributed by atoms with Gasteiger partial charge in [0, 0.05) is 11.8 Å². The van der Waals surface area contributed by atoms with Crippen LogP contribution in [0.25, 0.3) is 0 Å². The molecular weight excluding hydrogens is 396 g/mol. The van der Waals surface area contributed by atoms with Crippen molar-refractivity contribution in [2.24, 2.45) is 4.99 Å².